The zero-order valence-corrected chi connectivity index (χ0v) is 30.9. The number of aliphatic hydroxyl groups is 1. The molecule has 10 heteroatoms. The number of allylic oxidation sites excluding steroid dienone is 1. The van der Waals surface area contributed by atoms with E-state index in [9.17, 15) is 24.3 Å². The maximum atomic E-state index is 14.9. The summed E-state index contributed by atoms with van der Waals surface area (Å²) >= 11 is 0. The first kappa shape index (κ1) is 38.9. The maximum Gasteiger partial charge on any atom is 0.313 e. The van der Waals surface area contributed by atoms with E-state index in [2.05, 4.69) is 20.1 Å². The molecule has 0 saturated carbocycles. The molecule has 5 rings (SSSR count). The number of nitrogens with zero attached hydrogens (tertiary/aromatic N) is 3. The molecule has 3 aliphatic heterocycles. The number of likely N-dealkylation sites (tertiary alicyclic amines) is 1. The average Bonchev–Trinajstić information content (AvgIpc) is 3.82. The molecule has 3 aliphatic rings. The number of rotatable bonds is 19. The van der Waals surface area contributed by atoms with Crippen LogP contribution in [0.25, 0.3) is 0 Å². The Kier molecular flexibility index (Phi) is 13.1. The van der Waals surface area contributed by atoms with Crippen LogP contribution in [0, 0.1) is 11.8 Å². The van der Waals surface area contributed by atoms with Crippen molar-refractivity contribution >= 4 is 23.7 Å². The Labute approximate surface area is 308 Å². The Bertz CT molecular complexity index is 1570. The first-order chi connectivity index (χ1) is 25.1. The van der Waals surface area contributed by atoms with Crippen LogP contribution in [0.15, 0.2) is 86.0 Å². The average molecular weight is 714 g/mol. The molecule has 280 valence electrons. The summed E-state index contributed by atoms with van der Waals surface area (Å²) in [5.41, 5.74) is 0.365. The van der Waals surface area contributed by atoms with Gasteiger partial charge in [0.15, 0.2) is 0 Å². The molecule has 0 unspecified atom stereocenters. The number of esters is 1. The van der Waals surface area contributed by atoms with Gasteiger partial charge in [0.1, 0.15) is 17.7 Å². The molecule has 3 saturated heterocycles. The van der Waals surface area contributed by atoms with Gasteiger partial charge in [-0.3, -0.25) is 19.2 Å². The Morgan fingerprint density at radius 1 is 1.08 bits per heavy atom. The van der Waals surface area contributed by atoms with Gasteiger partial charge in [0.25, 0.3) is 0 Å². The first-order valence-corrected chi connectivity index (χ1v) is 18.8. The van der Waals surface area contributed by atoms with Crippen molar-refractivity contribution in [1.29, 1.82) is 0 Å². The maximum absolute atomic E-state index is 14.9. The molecule has 0 aliphatic carbocycles. The van der Waals surface area contributed by atoms with Gasteiger partial charge in [-0.2, -0.15) is 0 Å². The highest BCUT2D eigenvalue weighted by atomic mass is 16.6. The predicted octanol–water partition coefficient (Wildman–Crippen LogP) is 5.27. The fourth-order valence-electron chi connectivity index (χ4n) is 8.47. The molecular weight excluding hydrogens is 658 g/mol. The molecule has 2 aromatic rings. The van der Waals surface area contributed by atoms with Gasteiger partial charge in [0.05, 0.1) is 36.6 Å². The minimum atomic E-state index is -1.26. The fraction of sp³-hybridized carbons (Fsp3) is 0.524. The number of amides is 3. The molecule has 1 N–H and O–H groups in total. The van der Waals surface area contributed by atoms with Gasteiger partial charge in [0, 0.05) is 26.6 Å². The van der Waals surface area contributed by atoms with Gasteiger partial charge in [-0.05, 0) is 50.2 Å². The Balaban J connectivity index is 1.51. The van der Waals surface area contributed by atoms with Crippen molar-refractivity contribution in [2.24, 2.45) is 11.8 Å². The van der Waals surface area contributed by atoms with Crippen molar-refractivity contribution in [3.63, 3.8) is 0 Å². The lowest BCUT2D eigenvalue weighted by Gasteiger charge is -2.39. The molecule has 2 aromatic carbocycles. The summed E-state index contributed by atoms with van der Waals surface area (Å²) in [6.07, 6.45) is 6.68. The van der Waals surface area contributed by atoms with Gasteiger partial charge in [0.2, 0.25) is 17.7 Å². The highest BCUT2D eigenvalue weighted by Crippen LogP contribution is 2.59. The molecule has 3 heterocycles. The summed E-state index contributed by atoms with van der Waals surface area (Å²) in [4.78, 5) is 62.2. The number of carbonyl (C=O) groups is 4. The lowest BCUT2D eigenvalue weighted by Crippen LogP contribution is -2.59. The van der Waals surface area contributed by atoms with Crippen LogP contribution in [0.5, 0.6) is 0 Å². The number of fused-ring (bicyclic) bond motifs is 1. The van der Waals surface area contributed by atoms with Crippen LogP contribution in [0.3, 0.4) is 0 Å². The lowest BCUT2D eigenvalue weighted by atomic mass is 9.70. The monoisotopic (exact) mass is 713 g/mol. The molecule has 10 nitrogen and oxygen atoms in total. The second kappa shape index (κ2) is 17.5. The zero-order chi connectivity index (χ0) is 37.4. The summed E-state index contributed by atoms with van der Waals surface area (Å²) in [5, 5.41) is 10.8. The van der Waals surface area contributed by atoms with Crippen LogP contribution >= 0.6 is 0 Å². The number of hydrogen-bond acceptors (Lipinski definition) is 7. The van der Waals surface area contributed by atoms with Gasteiger partial charge >= 0.3 is 5.97 Å². The van der Waals surface area contributed by atoms with E-state index in [1.807, 2.05) is 67.6 Å². The Hall–Kier alpha value is -4.28. The molecule has 0 aromatic heterocycles. The van der Waals surface area contributed by atoms with E-state index in [1.165, 1.54) is 4.90 Å². The van der Waals surface area contributed by atoms with Gasteiger partial charge < -0.3 is 29.3 Å². The number of hydrogen-bond donors (Lipinski definition) is 1. The van der Waals surface area contributed by atoms with Crippen LogP contribution in [-0.4, -0.2) is 100 Å². The van der Waals surface area contributed by atoms with Crippen molar-refractivity contribution in [3.05, 3.63) is 97.1 Å². The van der Waals surface area contributed by atoms with E-state index in [4.69, 9.17) is 9.47 Å². The van der Waals surface area contributed by atoms with Crippen LogP contribution in [0.4, 0.5) is 0 Å². The predicted molar refractivity (Wildman–Crippen MR) is 199 cm³/mol. The summed E-state index contributed by atoms with van der Waals surface area (Å²) in [6.45, 7) is 12.0. The van der Waals surface area contributed by atoms with Crippen LogP contribution < -0.4 is 0 Å². The number of ether oxygens (including phenoxy) is 2. The van der Waals surface area contributed by atoms with E-state index in [-0.39, 0.29) is 30.7 Å². The number of unbranched alkanes of at least 4 members (excludes halogenated alkanes) is 2. The van der Waals surface area contributed by atoms with E-state index < -0.39 is 53.7 Å². The summed E-state index contributed by atoms with van der Waals surface area (Å²) in [6, 6.07) is 16.6. The summed E-state index contributed by atoms with van der Waals surface area (Å²) in [5.74, 6) is -3.29. The number of likely N-dealkylation sites (N-methyl/N-ethyl adjacent to an activating group) is 1. The largest absolute Gasteiger partial charge is 0.455 e. The number of carbonyl (C=O) groups excluding carboxylic acids is 4. The number of aliphatic hydroxyl groups excluding tert-OH is 1. The first-order valence-electron chi connectivity index (χ1n) is 18.8. The SMILES string of the molecule is C=CCCC(=O)N(C)[C@@H](C)[C@@H](OC(=O)[C@@H]1[C@H]2C(=O)N([C@@H](CO)Cc3ccccc3)[C@H](C(=O)N(CC=C)CCCCC)[C@]23CC[C@H]1O3)c1ccccc1. The normalized spacial score (nSPS) is 24.8. The van der Waals surface area contributed by atoms with E-state index in [0.29, 0.717) is 44.3 Å². The topological polar surface area (TPSA) is 117 Å². The molecule has 0 radical (unpaired) electrons. The lowest BCUT2D eigenvalue weighted by molar-refractivity contribution is -0.165. The smallest absolute Gasteiger partial charge is 0.313 e. The molecule has 8 atom stereocenters. The Morgan fingerprint density at radius 3 is 2.40 bits per heavy atom. The van der Waals surface area contributed by atoms with Crippen molar-refractivity contribution in [3.8, 4) is 0 Å². The third-order valence-electron chi connectivity index (χ3n) is 11.2. The van der Waals surface area contributed by atoms with Crippen molar-refractivity contribution < 1.29 is 33.8 Å². The van der Waals surface area contributed by atoms with E-state index in [1.54, 1.807) is 29.0 Å². The summed E-state index contributed by atoms with van der Waals surface area (Å²) in [7, 11) is 1.70. The minimum Gasteiger partial charge on any atom is -0.455 e. The highest BCUT2D eigenvalue weighted by molar-refractivity contribution is 5.98. The molecule has 52 heavy (non-hydrogen) atoms. The highest BCUT2D eigenvalue weighted by Gasteiger charge is 2.75. The fourth-order valence-corrected chi connectivity index (χ4v) is 8.47. The second-order valence-electron chi connectivity index (χ2n) is 14.4. The minimum absolute atomic E-state index is 0.106. The quantitative estimate of drug-likeness (QED) is 0.120. The third-order valence-corrected chi connectivity index (χ3v) is 11.2. The molecule has 3 fully saturated rings. The zero-order valence-electron chi connectivity index (χ0n) is 30.9. The summed E-state index contributed by atoms with van der Waals surface area (Å²) < 4.78 is 13.1. The standard InChI is InChI=1S/C42H55N3O7/c1-6-9-17-26-44(25-8-3)40(49)38-42-24-23-33(52-42)35(36(42)39(48)45(38)32(28-46)27-30-18-13-11-14-19-30)41(50)51-37(31-20-15-12-16-21-31)29(4)43(5)34(47)22-10-7-2/h7-8,11-16,18-21,29,32-33,35-38,46H,2-3,6,9-10,17,22-28H2,1,4-5H3/t29-,32+,33+,35-,36-,37+,38+,42-/m0/s1. The Morgan fingerprint density at radius 2 is 1.77 bits per heavy atom. The molecule has 3 amide bonds. The second-order valence-corrected chi connectivity index (χ2v) is 14.4. The van der Waals surface area contributed by atoms with Gasteiger partial charge in [-0.1, -0.05) is 92.6 Å². The third kappa shape index (κ3) is 7.74. The van der Waals surface area contributed by atoms with Crippen LogP contribution in [0.2, 0.25) is 0 Å². The van der Waals surface area contributed by atoms with Crippen molar-refractivity contribution in [2.75, 3.05) is 26.7 Å². The molecule has 1 spiro atoms. The van der Waals surface area contributed by atoms with Gasteiger partial charge in [-0.25, -0.2) is 0 Å². The molecular formula is C42H55N3O7. The van der Waals surface area contributed by atoms with Crippen molar-refractivity contribution in [2.45, 2.75) is 101 Å². The van der Waals surface area contributed by atoms with Crippen LogP contribution in [0.1, 0.15) is 76.0 Å². The van der Waals surface area contributed by atoms with E-state index >= 15 is 0 Å². The van der Waals surface area contributed by atoms with Gasteiger partial charge in [-0.15, -0.1) is 13.2 Å². The van der Waals surface area contributed by atoms with E-state index in [0.717, 1.165) is 24.8 Å². The van der Waals surface area contributed by atoms with Crippen molar-refractivity contribution in [1.82, 2.24) is 14.7 Å². The number of benzene rings is 2. The van der Waals surface area contributed by atoms with Crippen LogP contribution in [-0.2, 0) is 35.1 Å². The molecule has 2 bridgehead atoms.